The van der Waals surface area contributed by atoms with Crippen molar-refractivity contribution in [3.8, 4) is 0 Å². The molecule has 2 bridgehead atoms. The quantitative estimate of drug-likeness (QED) is 0.535. The van der Waals surface area contributed by atoms with E-state index in [0.717, 1.165) is 11.3 Å². The average Bonchev–Trinajstić information content (AvgIpc) is 2.19. The number of hydrogen-bond donors (Lipinski definition) is 0. The molecule has 2 aliphatic heterocycles. The van der Waals surface area contributed by atoms with Crippen LogP contribution in [-0.2, 0) is 16.2 Å². The van der Waals surface area contributed by atoms with Gasteiger partial charge in [0.05, 0.1) is 0 Å². The van der Waals surface area contributed by atoms with Gasteiger partial charge in [-0.25, -0.2) is 0 Å². The minimum atomic E-state index is 0.125. The van der Waals surface area contributed by atoms with Crippen LogP contribution in [0.4, 0.5) is 0 Å². The Hall–Kier alpha value is -0.350. The second kappa shape index (κ2) is 5.08. The Morgan fingerprint density at radius 2 is 1.09 bits per heavy atom. The molecule has 0 spiro atoms. The van der Waals surface area contributed by atoms with Crippen LogP contribution in [-0.4, -0.2) is 11.3 Å². The highest BCUT2D eigenvalue weighted by Gasteiger charge is 2.54. The maximum absolute atomic E-state index is 2.56. The molecule has 0 nitrogen and oxygen atoms in total. The SMILES string of the molecule is CC(C)(C)c1cc(C(C)(C)C)c(P2C3CC2C3)c(C(C)(C)C)c1. The summed E-state index contributed by atoms with van der Waals surface area (Å²) in [6.07, 6.45) is 3.03. The molecule has 128 valence electrons. The summed E-state index contributed by atoms with van der Waals surface area (Å²) in [5.41, 5.74) is 7.58. The summed E-state index contributed by atoms with van der Waals surface area (Å²) in [4.78, 5) is 0. The molecule has 0 radical (unpaired) electrons. The van der Waals surface area contributed by atoms with Crippen LogP contribution >= 0.6 is 7.92 Å². The van der Waals surface area contributed by atoms with Crippen molar-refractivity contribution >= 4 is 13.2 Å². The van der Waals surface area contributed by atoms with E-state index in [1.807, 2.05) is 0 Å². The second-order valence-electron chi connectivity index (χ2n) is 10.9. The first-order valence-electron chi connectivity index (χ1n) is 9.28. The normalized spacial score (nSPS) is 27.4. The lowest BCUT2D eigenvalue weighted by atomic mass is 9.75. The zero-order valence-corrected chi connectivity index (χ0v) is 17.6. The monoisotopic (exact) mass is 330 g/mol. The van der Waals surface area contributed by atoms with E-state index < -0.39 is 0 Å². The van der Waals surface area contributed by atoms with Crippen molar-refractivity contribution in [2.75, 3.05) is 0 Å². The van der Waals surface area contributed by atoms with Gasteiger partial charge in [0.15, 0.2) is 0 Å². The van der Waals surface area contributed by atoms with E-state index in [2.05, 4.69) is 74.4 Å². The predicted octanol–water partition coefficient (Wildman–Crippen LogP) is 6.23. The van der Waals surface area contributed by atoms with Crippen molar-refractivity contribution in [2.45, 2.75) is 103 Å². The third-order valence-electron chi connectivity index (χ3n) is 5.73. The van der Waals surface area contributed by atoms with Gasteiger partial charge in [-0.3, -0.25) is 0 Å². The van der Waals surface area contributed by atoms with Gasteiger partial charge in [0, 0.05) is 0 Å². The number of rotatable bonds is 1. The maximum Gasteiger partial charge on any atom is -0.0125 e. The van der Waals surface area contributed by atoms with Crippen LogP contribution in [0.15, 0.2) is 12.1 Å². The summed E-state index contributed by atoms with van der Waals surface area (Å²) in [6.45, 7) is 21.5. The smallest absolute Gasteiger partial charge is 0.0125 e. The molecule has 1 aromatic carbocycles. The highest BCUT2D eigenvalue weighted by Crippen LogP contribution is 2.73. The summed E-state index contributed by atoms with van der Waals surface area (Å²) >= 11 is 0. The Balaban J connectivity index is 2.26. The molecule has 0 N–H and O–H groups in total. The Bertz CT molecular complexity index is 570. The minimum absolute atomic E-state index is 0.125. The van der Waals surface area contributed by atoms with Gasteiger partial charge in [0.25, 0.3) is 0 Å². The zero-order valence-electron chi connectivity index (χ0n) is 16.7. The lowest BCUT2D eigenvalue weighted by molar-refractivity contribution is 0.453. The molecule has 0 unspecified atom stereocenters. The summed E-state index contributed by atoms with van der Waals surface area (Å²) < 4.78 is 0. The van der Waals surface area contributed by atoms with Crippen LogP contribution in [0, 0.1) is 0 Å². The molecule has 1 heteroatoms. The van der Waals surface area contributed by atoms with Gasteiger partial charge < -0.3 is 0 Å². The molecule has 23 heavy (non-hydrogen) atoms. The van der Waals surface area contributed by atoms with Crippen molar-refractivity contribution in [1.29, 1.82) is 0 Å². The van der Waals surface area contributed by atoms with Crippen molar-refractivity contribution in [2.24, 2.45) is 0 Å². The highest BCUT2D eigenvalue weighted by molar-refractivity contribution is 7.70. The largest absolute Gasteiger partial charge is 0.0682 e. The van der Waals surface area contributed by atoms with Gasteiger partial charge in [-0.1, -0.05) is 82.4 Å². The van der Waals surface area contributed by atoms with Crippen molar-refractivity contribution in [3.63, 3.8) is 0 Å². The fourth-order valence-corrected chi connectivity index (χ4v) is 7.71. The zero-order chi connectivity index (χ0) is 17.4. The van der Waals surface area contributed by atoms with Crippen molar-refractivity contribution in [3.05, 3.63) is 28.8 Å². The fourth-order valence-electron chi connectivity index (χ4n) is 3.89. The van der Waals surface area contributed by atoms with Crippen LogP contribution in [0.3, 0.4) is 0 Å². The summed E-state index contributed by atoms with van der Waals surface area (Å²) in [7, 11) is 0.125. The van der Waals surface area contributed by atoms with Gasteiger partial charge in [-0.15, -0.1) is 0 Å². The Morgan fingerprint density at radius 1 is 0.696 bits per heavy atom. The molecular weight excluding hydrogens is 295 g/mol. The minimum Gasteiger partial charge on any atom is -0.0682 e. The summed E-state index contributed by atoms with van der Waals surface area (Å²) in [5.74, 6) is 0. The molecule has 1 aromatic rings. The van der Waals surface area contributed by atoms with Gasteiger partial charge in [-0.05, 0) is 62.4 Å². The molecule has 1 saturated carbocycles. The lowest BCUT2D eigenvalue weighted by Gasteiger charge is -2.60. The second-order valence-corrected chi connectivity index (χ2v) is 13.6. The van der Waals surface area contributed by atoms with Crippen LogP contribution < -0.4 is 5.30 Å². The third-order valence-corrected chi connectivity index (χ3v) is 9.14. The predicted molar refractivity (Wildman–Crippen MR) is 106 cm³/mol. The fraction of sp³-hybridized carbons (Fsp3) is 0.727. The van der Waals surface area contributed by atoms with E-state index in [1.54, 1.807) is 16.4 Å². The summed E-state index contributed by atoms with van der Waals surface area (Å²) in [5, 5.41) is 1.79. The topological polar surface area (TPSA) is 0 Å². The molecule has 4 rings (SSSR count). The van der Waals surface area contributed by atoms with Gasteiger partial charge >= 0.3 is 0 Å². The molecule has 2 heterocycles. The Morgan fingerprint density at radius 3 is 1.30 bits per heavy atom. The molecule has 3 aliphatic rings. The number of benzene rings is 1. The van der Waals surface area contributed by atoms with Crippen molar-refractivity contribution in [1.82, 2.24) is 0 Å². The first-order chi connectivity index (χ1) is 10.3. The van der Waals surface area contributed by atoms with E-state index in [-0.39, 0.29) is 24.2 Å². The highest BCUT2D eigenvalue weighted by atomic mass is 31.1. The lowest BCUT2D eigenvalue weighted by Crippen LogP contribution is -2.52. The first-order valence-corrected chi connectivity index (χ1v) is 10.8. The van der Waals surface area contributed by atoms with E-state index in [0.29, 0.717) is 0 Å². The van der Waals surface area contributed by atoms with Crippen LogP contribution in [0.25, 0.3) is 0 Å². The van der Waals surface area contributed by atoms with E-state index in [9.17, 15) is 0 Å². The molecule has 2 saturated heterocycles. The summed E-state index contributed by atoms with van der Waals surface area (Å²) in [6, 6.07) is 5.12. The van der Waals surface area contributed by atoms with E-state index >= 15 is 0 Å². The Labute approximate surface area is 145 Å². The molecular formula is C22H35P. The molecule has 0 amide bonds. The van der Waals surface area contributed by atoms with E-state index in [1.165, 1.54) is 18.4 Å². The van der Waals surface area contributed by atoms with Crippen molar-refractivity contribution < 1.29 is 0 Å². The van der Waals surface area contributed by atoms with Gasteiger partial charge in [-0.2, -0.15) is 0 Å². The molecule has 3 fully saturated rings. The Kier molecular flexibility index (Phi) is 3.86. The first kappa shape index (κ1) is 17.5. The van der Waals surface area contributed by atoms with Gasteiger partial charge in [0.1, 0.15) is 0 Å². The third kappa shape index (κ3) is 2.90. The van der Waals surface area contributed by atoms with Gasteiger partial charge in [0.2, 0.25) is 0 Å². The molecule has 0 aromatic heterocycles. The maximum atomic E-state index is 2.56. The molecule has 0 atom stereocenters. The standard InChI is InChI=1S/C22H35P/c1-20(2,3)14-10-17(21(4,5)6)19(18(11-14)22(7,8)9)23-15-12-16(23)13-15/h10-11,15-16H,12-13H2,1-9H3. The van der Waals surface area contributed by atoms with Crippen LogP contribution in [0.2, 0.25) is 0 Å². The van der Waals surface area contributed by atoms with E-state index in [4.69, 9.17) is 0 Å². The number of hydrogen-bond acceptors (Lipinski definition) is 0. The van der Waals surface area contributed by atoms with Crippen LogP contribution in [0.1, 0.15) is 91.8 Å². The molecule has 1 aliphatic carbocycles. The van der Waals surface area contributed by atoms with Crippen LogP contribution in [0.5, 0.6) is 0 Å². The average molecular weight is 330 g/mol.